The fraction of sp³-hybridized carbons (Fsp3) is 0.333. The lowest BCUT2D eigenvalue weighted by atomic mass is 9.97. The first-order valence-corrected chi connectivity index (χ1v) is 6.23. The van der Waals surface area contributed by atoms with Crippen molar-refractivity contribution in [3.05, 3.63) is 33.3 Å². The van der Waals surface area contributed by atoms with E-state index in [9.17, 15) is 9.59 Å². The van der Waals surface area contributed by atoms with Gasteiger partial charge in [-0.15, -0.1) is 0 Å². The van der Waals surface area contributed by atoms with E-state index >= 15 is 0 Å². The van der Waals surface area contributed by atoms with Gasteiger partial charge in [0.1, 0.15) is 6.04 Å². The third kappa shape index (κ3) is 4.70. The second-order valence-electron chi connectivity index (χ2n) is 4.08. The lowest BCUT2D eigenvalue weighted by Gasteiger charge is -2.13. The van der Waals surface area contributed by atoms with Gasteiger partial charge in [-0.1, -0.05) is 23.2 Å². The first-order chi connectivity index (χ1) is 8.81. The molecule has 104 valence electrons. The highest BCUT2D eigenvalue weighted by atomic mass is 35.5. The second kappa shape index (κ2) is 6.75. The number of hydrogen-bond donors (Lipinski definition) is 3. The van der Waals surface area contributed by atoms with Crippen molar-refractivity contribution in [2.75, 3.05) is 0 Å². The zero-order valence-electron chi connectivity index (χ0n) is 9.90. The Morgan fingerprint density at radius 1 is 1.16 bits per heavy atom. The first kappa shape index (κ1) is 15.8. The van der Waals surface area contributed by atoms with E-state index in [4.69, 9.17) is 39.1 Å². The molecule has 0 aromatic heterocycles. The maximum Gasteiger partial charge on any atom is 0.320 e. The third-order valence-electron chi connectivity index (χ3n) is 2.61. The topological polar surface area (TPSA) is 101 Å². The molecule has 5 nitrogen and oxygen atoms in total. The van der Waals surface area contributed by atoms with Crippen LogP contribution in [0.1, 0.15) is 17.5 Å². The average Bonchev–Trinajstić information content (AvgIpc) is 2.31. The summed E-state index contributed by atoms with van der Waals surface area (Å²) in [5.74, 6) is -2.07. The number of carboxylic acids is 2. The highest BCUT2D eigenvalue weighted by Gasteiger charge is 2.16. The van der Waals surface area contributed by atoms with Crippen LogP contribution in [-0.2, 0) is 22.4 Å². The molecule has 0 aliphatic carbocycles. The molecule has 0 spiro atoms. The molecule has 0 fully saturated rings. The Balaban J connectivity index is 3.01. The molecule has 1 aromatic carbocycles. The summed E-state index contributed by atoms with van der Waals surface area (Å²) in [6.07, 6.45) is 0.238. The number of hydrogen-bond acceptors (Lipinski definition) is 3. The minimum absolute atomic E-state index is 0.0706. The molecule has 1 rings (SSSR count). The molecular formula is C12H13Cl2NO4. The molecule has 19 heavy (non-hydrogen) atoms. The van der Waals surface area contributed by atoms with Crippen molar-refractivity contribution >= 4 is 35.1 Å². The van der Waals surface area contributed by atoms with Gasteiger partial charge in [0.15, 0.2) is 0 Å². The highest BCUT2D eigenvalue weighted by molar-refractivity contribution is 6.42. The normalized spacial score (nSPS) is 12.2. The summed E-state index contributed by atoms with van der Waals surface area (Å²) in [6.45, 7) is 0. The van der Waals surface area contributed by atoms with E-state index in [0.717, 1.165) is 0 Å². The van der Waals surface area contributed by atoms with E-state index in [-0.39, 0.29) is 24.3 Å². The predicted octanol–water partition coefficient (Wildman–Crippen LogP) is 1.97. The van der Waals surface area contributed by atoms with E-state index in [2.05, 4.69) is 0 Å². The van der Waals surface area contributed by atoms with Crippen molar-refractivity contribution in [2.24, 2.45) is 5.73 Å². The van der Waals surface area contributed by atoms with Crippen molar-refractivity contribution in [1.29, 1.82) is 0 Å². The maximum atomic E-state index is 10.8. The summed E-state index contributed by atoms with van der Waals surface area (Å²) in [7, 11) is 0. The molecule has 0 radical (unpaired) electrons. The number of carbonyl (C=O) groups is 2. The Kier molecular flexibility index (Phi) is 5.60. The van der Waals surface area contributed by atoms with Crippen molar-refractivity contribution in [3.8, 4) is 0 Å². The van der Waals surface area contributed by atoms with Gasteiger partial charge in [0, 0.05) is 6.42 Å². The minimum atomic E-state index is -1.13. The summed E-state index contributed by atoms with van der Waals surface area (Å²) in [6, 6.07) is 2.02. The fourth-order valence-corrected chi connectivity index (χ4v) is 1.99. The Labute approximate surface area is 119 Å². The van der Waals surface area contributed by atoms with Gasteiger partial charge in [0.25, 0.3) is 0 Å². The van der Waals surface area contributed by atoms with Crippen LogP contribution in [0.3, 0.4) is 0 Å². The van der Waals surface area contributed by atoms with Crippen LogP contribution >= 0.6 is 23.2 Å². The van der Waals surface area contributed by atoms with Gasteiger partial charge < -0.3 is 15.9 Å². The van der Waals surface area contributed by atoms with Crippen LogP contribution in [0.4, 0.5) is 0 Å². The minimum Gasteiger partial charge on any atom is -0.481 e. The third-order valence-corrected chi connectivity index (χ3v) is 3.33. The van der Waals surface area contributed by atoms with Gasteiger partial charge in [0.2, 0.25) is 0 Å². The number of benzene rings is 1. The van der Waals surface area contributed by atoms with Crippen LogP contribution in [0.25, 0.3) is 0 Å². The molecule has 7 heteroatoms. The molecule has 0 aliphatic rings. The van der Waals surface area contributed by atoms with Crippen LogP contribution in [0.5, 0.6) is 0 Å². The van der Waals surface area contributed by atoms with Gasteiger partial charge in [-0.25, -0.2) is 0 Å². The molecular weight excluding hydrogens is 293 g/mol. The zero-order chi connectivity index (χ0) is 14.6. The lowest BCUT2D eigenvalue weighted by Crippen LogP contribution is -2.32. The Morgan fingerprint density at radius 3 is 2.16 bits per heavy atom. The number of aliphatic carboxylic acids is 2. The van der Waals surface area contributed by atoms with Gasteiger partial charge in [-0.05, 0) is 36.1 Å². The van der Waals surface area contributed by atoms with Gasteiger partial charge in [-0.3, -0.25) is 9.59 Å². The number of carboxylic acid groups (broad SMARTS) is 2. The summed E-state index contributed by atoms with van der Waals surface area (Å²) in [4.78, 5) is 21.3. The summed E-state index contributed by atoms with van der Waals surface area (Å²) >= 11 is 11.7. The maximum absolute atomic E-state index is 10.8. The Bertz CT molecular complexity index is 505. The van der Waals surface area contributed by atoms with Crippen LogP contribution in [-0.4, -0.2) is 28.2 Å². The summed E-state index contributed by atoms with van der Waals surface area (Å²) in [5, 5.41) is 18.1. The number of aryl methyl sites for hydroxylation is 1. The molecule has 1 atom stereocenters. The largest absolute Gasteiger partial charge is 0.481 e. The fourth-order valence-electron chi connectivity index (χ4n) is 1.62. The Hall–Kier alpha value is -1.30. The molecule has 0 saturated heterocycles. The lowest BCUT2D eigenvalue weighted by molar-refractivity contribution is -0.139. The van der Waals surface area contributed by atoms with E-state index < -0.39 is 18.0 Å². The molecule has 0 bridgehead atoms. The van der Waals surface area contributed by atoms with Gasteiger partial charge in [-0.2, -0.15) is 0 Å². The van der Waals surface area contributed by atoms with Crippen molar-refractivity contribution in [3.63, 3.8) is 0 Å². The standard InChI is InChI=1S/C12H13Cl2NO4/c13-8-3-6(1-2-11(16)17)7(4-9(8)14)5-10(15)12(18)19/h3-4,10H,1-2,5,15H2,(H,16,17)(H,18,19)/t10-/m0/s1. The van der Waals surface area contributed by atoms with Gasteiger partial charge >= 0.3 is 11.9 Å². The number of nitrogens with two attached hydrogens (primary N) is 1. The molecule has 0 aliphatic heterocycles. The molecule has 0 amide bonds. The second-order valence-corrected chi connectivity index (χ2v) is 4.89. The van der Waals surface area contributed by atoms with E-state index in [1.54, 1.807) is 6.07 Å². The highest BCUT2D eigenvalue weighted by Crippen LogP contribution is 2.27. The summed E-state index contributed by atoms with van der Waals surface area (Å²) in [5.41, 5.74) is 6.72. The van der Waals surface area contributed by atoms with E-state index in [0.29, 0.717) is 16.1 Å². The molecule has 1 aromatic rings. The molecule has 0 heterocycles. The predicted molar refractivity (Wildman–Crippen MR) is 71.7 cm³/mol. The SMILES string of the molecule is N[C@@H](Cc1cc(Cl)c(Cl)cc1CCC(=O)O)C(=O)O. The van der Waals surface area contributed by atoms with Gasteiger partial charge in [0.05, 0.1) is 10.0 Å². The smallest absolute Gasteiger partial charge is 0.320 e. The van der Waals surface area contributed by atoms with Crippen molar-refractivity contribution in [2.45, 2.75) is 25.3 Å². The Morgan fingerprint density at radius 2 is 1.68 bits per heavy atom. The zero-order valence-corrected chi connectivity index (χ0v) is 11.4. The van der Waals surface area contributed by atoms with Crippen LogP contribution in [0.2, 0.25) is 10.0 Å². The molecule has 0 unspecified atom stereocenters. The summed E-state index contributed by atoms with van der Waals surface area (Å²) < 4.78 is 0. The number of rotatable bonds is 6. The molecule has 4 N–H and O–H groups in total. The van der Waals surface area contributed by atoms with E-state index in [1.807, 2.05) is 0 Å². The van der Waals surface area contributed by atoms with Crippen LogP contribution < -0.4 is 5.73 Å². The first-order valence-electron chi connectivity index (χ1n) is 5.48. The van der Waals surface area contributed by atoms with Crippen LogP contribution in [0.15, 0.2) is 12.1 Å². The van der Waals surface area contributed by atoms with E-state index in [1.165, 1.54) is 6.07 Å². The quantitative estimate of drug-likeness (QED) is 0.746. The van der Waals surface area contributed by atoms with Crippen molar-refractivity contribution in [1.82, 2.24) is 0 Å². The van der Waals surface area contributed by atoms with Crippen molar-refractivity contribution < 1.29 is 19.8 Å². The number of halogens is 2. The molecule has 0 saturated carbocycles. The van der Waals surface area contributed by atoms with Crippen LogP contribution in [0, 0.1) is 0 Å². The monoisotopic (exact) mass is 305 g/mol. The average molecular weight is 306 g/mol.